The standard InChI is InChI=1S/C24H19ClN2O2/c1-15-7-9-17(10-8-15)23(28)24-27-21(19-13-18(25)11-12-22(19)29-24)14-20(26-27)16-5-3-2-4-6-16/h2-13,21,24H,14H2,1H3. The molecule has 2 aliphatic heterocycles. The van der Waals surface area contributed by atoms with Crippen LogP contribution in [0.3, 0.4) is 0 Å². The van der Waals surface area contributed by atoms with E-state index >= 15 is 0 Å². The van der Waals surface area contributed by atoms with E-state index in [4.69, 9.17) is 21.4 Å². The number of carbonyl (C=O) groups is 1. The number of ketones is 1. The molecule has 5 rings (SSSR count). The van der Waals surface area contributed by atoms with Crippen molar-refractivity contribution in [1.29, 1.82) is 0 Å². The summed E-state index contributed by atoms with van der Waals surface area (Å²) in [6, 6.07) is 23.0. The predicted octanol–water partition coefficient (Wildman–Crippen LogP) is 5.40. The third-order valence-corrected chi connectivity index (χ3v) is 5.65. The Kier molecular flexibility index (Phi) is 4.36. The minimum Gasteiger partial charge on any atom is -0.461 e. The maximum Gasteiger partial charge on any atom is 0.251 e. The van der Waals surface area contributed by atoms with Crippen LogP contribution in [0.4, 0.5) is 0 Å². The molecule has 0 saturated carbocycles. The number of fused-ring (bicyclic) bond motifs is 3. The molecule has 5 heteroatoms. The molecule has 0 bridgehead atoms. The van der Waals surface area contributed by atoms with Gasteiger partial charge in [0.1, 0.15) is 5.75 Å². The van der Waals surface area contributed by atoms with Crippen molar-refractivity contribution in [2.45, 2.75) is 25.6 Å². The highest BCUT2D eigenvalue weighted by atomic mass is 35.5. The summed E-state index contributed by atoms with van der Waals surface area (Å²) in [7, 11) is 0. The number of ether oxygens (including phenoxy) is 1. The number of aryl methyl sites for hydroxylation is 1. The van der Waals surface area contributed by atoms with Crippen molar-refractivity contribution >= 4 is 23.1 Å². The van der Waals surface area contributed by atoms with Crippen molar-refractivity contribution in [3.05, 3.63) is 100 Å². The molecule has 3 aromatic carbocycles. The summed E-state index contributed by atoms with van der Waals surface area (Å²) < 4.78 is 6.14. The minimum absolute atomic E-state index is 0.0907. The highest BCUT2D eigenvalue weighted by Gasteiger charge is 2.43. The topological polar surface area (TPSA) is 41.9 Å². The summed E-state index contributed by atoms with van der Waals surface area (Å²) in [6.45, 7) is 2.00. The number of halogens is 1. The van der Waals surface area contributed by atoms with Gasteiger partial charge in [-0.1, -0.05) is 71.8 Å². The number of nitrogens with zero attached hydrogens (tertiary/aromatic N) is 2. The lowest BCUT2D eigenvalue weighted by atomic mass is 9.95. The molecule has 2 unspecified atom stereocenters. The van der Waals surface area contributed by atoms with Gasteiger partial charge < -0.3 is 4.74 Å². The van der Waals surface area contributed by atoms with Gasteiger partial charge >= 0.3 is 0 Å². The van der Waals surface area contributed by atoms with Crippen LogP contribution in [-0.2, 0) is 0 Å². The molecule has 0 radical (unpaired) electrons. The van der Waals surface area contributed by atoms with E-state index in [0.29, 0.717) is 22.8 Å². The van der Waals surface area contributed by atoms with Gasteiger partial charge in [-0.2, -0.15) is 5.10 Å². The number of hydrogen-bond donors (Lipinski definition) is 0. The molecule has 29 heavy (non-hydrogen) atoms. The third kappa shape index (κ3) is 3.19. The van der Waals surface area contributed by atoms with E-state index < -0.39 is 6.23 Å². The predicted molar refractivity (Wildman–Crippen MR) is 114 cm³/mol. The van der Waals surface area contributed by atoms with Crippen molar-refractivity contribution in [2.24, 2.45) is 5.10 Å². The first kappa shape index (κ1) is 18.0. The zero-order valence-corrected chi connectivity index (χ0v) is 16.6. The van der Waals surface area contributed by atoms with E-state index in [2.05, 4.69) is 0 Å². The molecule has 0 aliphatic carbocycles. The Hall–Kier alpha value is -3.11. The summed E-state index contributed by atoms with van der Waals surface area (Å²) in [4.78, 5) is 13.3. The first-order chi connectivity index (χ1) is 14.1. The maximum absolute atomic E-state index is 13.3. The SMILES string of the molecule is Cc1ccc(C(=O)C2Oc3ccc(Cl)cc3C3CC(c4ccccc4)=NN23)cc1. The van der Waals surface area contributed by atoms with Gasteiger partial charge in [0.25, 0.3) is 6.23 Å². The summed E-state index contributed by atoms with van der Waals surface area (Å²) >= 11 is 6.25. The Bertz CT molecular complexity index is 1110. The largest absolute Gasteiger partial charge is 0.461 e. The van der Waals surface area contributed by atoms with Crippen molar-refractivity contribution in [2.75, 3.05) is 0 Å². The van der Waals surface area contributed by atoms with Crippen molar-refractivity contribution in [1.82, 2.24) is 5.01 Å². The lowest BCUT2D eigenvalue weighted by molar-refractivity contribution is -0.00455. The molecule has 2 heterocycles. The van der Waals surface area contributed by atoms with Crippen LogP contribution in [0.5, 0.6) is 5.75 Å². The maximum atomic E-state index is 13.3. The van der Waals surface area contributed by atoms with E-state index in [1.54, 1.807) is 11.1 Å². The van der Waals surface area contributed by atoms with E-state index in [-0.39, 0.29) is 11.8 Å². The van der Waals surface area contributed by atoms with Gasteiger partial charge in [-0.25, -0.2) is 5.01 Å². The highest BCUT2D eigenvalue weighted by molar-refractivity contribution is 6.30. The van der Waals surface area contributed by atoms with E-state index in [1.165, 1.54) is 0 Å². The monoisotopic (exact) mass is 402 g/mol. The van der Waals surface area contributed by atoms with Crippen molar-refractivity contribution < 1.29 is 9.53 Å². The molecule has 0 spiro atoms. The lowest BCUT2D eigenvalue weighted by Crippen LogP contribution is -2.45. The number of benzene rings is 3. The van der Waals surface area contributed by atoms with Crippen LogP contribution < -0.4 is 4.74 Å². The van der Waals surface area contributed by atoms with E-state index in [0.717, 1.165) is 22.4 Å². The normalized spacial score (nSPS) is 19.8. The van der Waals surface area contributed by atoms with Crippen molar-refractivity contribution in [3.63, 3.8) is 0 Å². The Morgan fingerprint density at radius 1 is 1.07 bits per heavy atom. The molecule has 2 atom stereocenters. The highest BCUT2D eigenvalue weighted by Crippen LogP contribution is 2.44. The average Bonchev–Trinajstić information content (AvgIpc) is 3.20. The van der Waals surface area contributed by atoms with Gasteiger partial charge in [-0.05, 0) is 30.7 Å². The Morgan fingerprint density at radius 3 is 2.59 bits per heavy atom. The van der Waals surface area contributed by atoms with Crippen LogP contribution in [0, 0.1) is 6.92 Å². The van der Waals surface area contributed by atoms with Gasteiger partial charge in [0, 0.05) is 22.6 Å². The van der Waals surface area contributed by atoms with Crippen LogP contribution in [0.2, 0.25) is 5.02 Å². The van der Waals surface area contributed by atoms with Crippen LogP contribution in [0.25, 0.3) is 0 Å². The fourth-order valence-electron chi connectivity index (χ4n) is 3.90. The second kappa shape index (κ2) is 7.05. The molecule has 0 aromatic heterocycles. The molecular formula is C24H19ClN2O2. The third-order valence-electron chi connectivity index (χ3n) is 5.42. The summed E-state index contributed by atoms with van der Waals surface area (Å²) in [5.74, 6) is 0.583. The first-order valence-corrected chi connectivity index (χ1v) is 9.96. The Balaban J connectivity index is 1.57. The molecule has 144 valence electrons. The smallest absolute Gasteiger partial charge is 0.251 e. The molecule has 0 fully saturated rings. The van der Waals surface area contributed by atoms with E-state index in [1.807, 2.05) is 73.7 Å². The molecular weight excluding hydrogens is 384 g/mol. The number of rotatable bonds is 3. The number of Topliss-reactive ketones (excluding diaryl/α,β-unsaturated/α-hetero) is 1. The zero-order valence-electron chi connectivity index (χ0n) is 15.9. The molecule has 0 saturated heterocycles. The second-order valence-corrected chi connectivity index (χ2v) is 7.83. The van der Waals surface area contributed by atoms with Crippen LogP contribution in [0.1, 0.15) is 39.5 Å². The average molecular weight is 403 g/mol. The molecule has 4 nitrogen and oxygen atoms in total. The first-order valence-electron chi connectivity index (χ1n) is 9.58. The Morgan fingerprint density at radius 2 is 1.83 bits per heavy atom. The van der Waals surface area contributed by atoms with Crippen LogP contribution in [-0.4, -0.2) is 22.7 Å². The summed E-state index contributed by atoms with van der Waals surface area (Å²) in [5, 5.41) is 7.25. The fourth-order valence-corrected chi connectivity index (χ4v) is 4.08. The van der Waals surface area contributed by atoms with Crippen LogP contribution >= 0.6 is 11.6 Å². The van der Waals surface area contributed by atoms with Gasteiger partial charge in [0.15, 0.2) is 0 Å². The summed E-state index contributed by atoms with van der Waals surface area (Å²) in [5.41, 5.74) is 4.66. The molecule has 2 aliphatic rings. The Labute approximate surface area is 174 Å². The van der Waals surface area contributed by atoms with Gasteiger partial charge in [0.05, 0.1) is 11.8 Å². The zero-order chi connectivity index (χ0) is 20.0. The second-order valence-electron chi connectivity index (χ2n) is 7.40. The number of hydrazone groups is 1. The van der Waals surface area contributed by atoms with Crippen molar-refractivity contribution in [3.8, 4) is 5.75 Å². The lowest BCUT2D eigenvalue weighted by Gasteiger charge is -2.37. The van der Waals surface area contributed by atoms with Gasteiger partial charge in [-0.3, -0.25) is 4.79 Å². The minimum atomic E-state index is -0.808. The molecule has 0 amide bonds. The number of carbonyl (C=O) groups excluding carboxylic acids is 1. The quantitative estimate of drug-likeness (QED) is 0.551. The van der Waals surface area contributed by atoms with Crippen LogP contribution in [0.15, 0.2) is 77.9 Å². The summed E-state index contributed by atoms with van der Waals surface area (Å²) in [6.07, 6.45) is -0.115. The molecule has 0 N–H and O–H groups in total. The van der Waals surface area contributed by atoms with Gasteiger partial charge in [-0.15, -0.1) is 0 Å². The fraction of sp³-hybridized carbons (Fsp3) is 0.167. The van der Waals surface area contributed by atoms with E-state index in [9.17, 15) is 4.79 Å². The molecule has 3 aromatic rings. The van der Waals surface area contributed by atoms with Gasteiger partial charge in [0.2, 0.25) is 5.78 Å². The number of hydrogen-bond acceptors (Lipinski definition) is 4.